The maximum Gasteiger partial charge on any atom is 0.242 e. The molecule has 1 aromatic carbocycles. The third-order valence-corrected chi connectivity index (χ3v) is 3.63. The van der Waals surface area contributed by atoms with Gasteiger partial charge in [0.25, 0.3) is 0 Å². The maximum absolute atomic E-state index is 13.1. The highest BCUT2D eigenvalue weighted by Crippen LogP contribution is 2.09. The zero-order valence-electron chi connectivity index (χ0n) is 13.7. The average molecular weight is 331 g/mol. The quantitative estimate of drug-likeness (QED) is 0.800. The van der Waals surface area contributed by atoms with Crippen molar-refractivity contribution in [1.82, 2.24) is 9.88 Å². The topological polar surface area (TPSA) is 68.5 Å². The van der Waals surface area contributed by atoms with Crippen molar-refractivity contribution in [2.24, 2.45) is 5.73 Å². The molecule has 2 N–H and O–H groups in total. The Morgan fingerprint density at radius 3 is 2.67 bits per heavy atom. The first-order valence-corrected chi connectivity index (χ1v) is 7.78. The SMILES string of the molecule is COCC(N)C(=O)N(CCc1ccccn1)Cc1ccc(F)cc1. The fraction of sp³-hybridized carbons (Fsp3) is 0.333. The number of hydrogen-bond acceptors (Lipinski definition) is 4. The molecule has 5 nitrogen and oxygen atoms in total. The van der Waals surface area contributed by atoms with Gasteiger partial charge in [-0.1, -0.05) is 18.2 Å². The minimum atomic E-state index is -0.723. The second kappa shape index (κ2) is 9.10. The zero-order valence-corrected chi connectivity index (χ0v) is 13.7. The standard InChI is InChI=1S/C18H22FN3O2/c1-24-13-17(20)18(23)22(11-9-16-4-2-3-10-21-16)12-14-5-7-15(19)8-6-14/h2-8,10,17H,9,11-13,20H2,1H3. The summed E-state index contributed by atoms with van der Waals surface area (Å²) in [6, 6.07) is 11.0. The molecule has 1 aromatic heterocycles. The third kappa shape index (κ3) is 5.40. The minimum Gasteiger partial charge on any atom is -0.383 e. The number of aromatic nitrogens is 1. The zero-order chi connectivity index (χ0) is 17.4. The monoisotopic (exact) mass is 331 g/mol. The van der Waals surface area contributed by atoms with Crippen LogP contribution in [0.5, 0.6) is 0 Å². The van der Waals surface area contributed by atoms with Gasteiger partial charge in [0.05, 0.1) is 6.61 Å². The van der Waals surface area contributed by atoms with Gasteiger partial charge in [0.2, 0.25) is 5.91 Å². The molecular weight excluding hydrogens is 309 g/mol. The van der Waals surface area contributed by atoms with E-state index in [-0.39, 0.29) is 18.3 Å². The Hall–Kier alpha value is -2.31. The molecular formula is C18H22FN3O2. The molecule has 0 saturated carbocycles. The van der Waals surface area contributed by atoms with Crippen molar-refractivity contribution in [2.75, 3.05) is 20.3 Å². The lowest BCUT2D eigenvalue weighted by Crippen LogP contribution is -2.46. The number of nitrogens with two attached hydrogens (primary N) is 1. The van der Waals surface area contributed by atoms with Crippen molar-refractivity contribution >= 4 is 5.91 Å². The van der Waals surface area contributed by atoms with Gasteiger partial charge in [-0.25, -0.2) is 4.39 Å². The van der Waals surface area contributed by atoms with Crippen LogP contribution in [0.15, 0.2) is 48.7 Å². The van der Waals surface area contributed by atoms with E-state index in [0.29, 0.717) is 19.5 Å². The molecule has 1 unspecified atom stereocenters. The average Bonchev–Trinajstić information content (AvgIpc) is 2.60. The molecule has 0 saturated heterocycles. The predicted molar refractivity (Wildman–Crippen MR) is 89.6 cm³/mol. The van der Waals surface area contributed by atoms with Gasteiger partial charge in [-0.15, -0.1) is 0 Å². The van der Waals surface area contributed by atoms with Gasteiger partial charge in [-0.2, -0.15) is 0 Å². The summed E-state index contributed by atoms with van der Waals surface area (Å²) < 4.78 is 18.0. The highest BCUT2D eigenvalue weighted by Gasteiger charge is 2.21. The van der Waals surface area contributed by atoms with Gasteiger partial charge in [-0.05, 0) is 29.8 Å². The van der Waals surface area contributed by atoms with Crippen LogP contribution in [0.4, 0.5) is 4.39 Å². The van der Waals surface area contributed by atoms with E-state index in [2.05, 4.69) is 4.98 Å². The Balaban J connectivity index is 2.07. The lowest BCUT2D eigenvalue weighted by molar-refractivity contribution is -0.134. The summed E-state index contributed by atoms with van der Waals surface area (Å²) in [5.41, 5.74) is 7.62. The molecule has 1 atom stereocenters. The summed E-state index contributed by atoms with van der Waals surface area (Å²) in [5, 5.41) is 0. The van der Waals surface area contributed by atoms with Crippen LogP contribution in [0.1, 0.15) is 11.3 Å². The van der Waals surface area contributed by atoms with E-state index in [0.717, 1.165) is 11.3 Å². The molecule has 128 valence electrons. The molecule has 0 aliphatic heterocycles. The Kier molecular flexibility index (Phi) is 6.84. The number of amides is 1. The number of ether oxygens (including phenoxy) is 1. The van der Waals surface area contributed by atoms with Gasteiger partial charge >= 0.3 is 0 Å². The van der Waals surface area contributed by atoms with Crippen molar-refractivity contribution in [2.45, 2.75) is 19.0 Å². The number of halogens is 1. The normalized spacial score (nSPS) is 12.0. The van der Waals surface area contributed by atoms with E-state index in [9.17, 15) is 9.18 Å². The maximum atomic E-state index is 13.1. The number of hydrogen-bond donors (Lipinski definition) is 1. The summed E-state index contributed by atoms with van der Waals surface area (Å²) >= 11 is 0. The van der Waals surface area contributed by atoms with Crippen LogP contribution < -0.4 is 5.73 Å². The Morgan fingerprint density at radius 2 is 2.04 bits per heavy atom. The fourth-order valence-electron chi connectivity index (χ4n) is 2.36. The number of carbonyl (C=O) groups excluding carboxylic acids is 1. The van der Waals surface area contributed by atoms with Crippen LogP contribution in [-0.2, 0) is 22.5 Å². The third-order valence-electron chi connectivity index (χ3n) is 3.63. The van der Waals surface area contributed by atoms with Crippen LogP contribution in [0.25, 0.3) is 0 Å². The van der Waals surface area contributed by atoms with Crippen molar-refractivity contribution in [3.05, 3.63) is 65.7 Å². The fourth-order valence-corrected chi connectivity index (χ4v) is 2.36. The lowest BCUT2D eigenvalue weighted by atomic mass is 10.1. The molecule has 1 heterocycles. The van der Waals surface area contributed by atoms with Crippen LogP contribution in [0.3, 0.4) is 0 Å². The summed E-state index contributed by atoms with van der Waals surface area (Å²) in [4.78, 5) is 18.5. The molecule has 0 bridgehead atoms. The van der Waals surface area contributed by atoms with Crippen LogP contribution >= 0.6 is 0 Å². The van der Waals surface area contributed by atoms with Crippen molar-refractivity contribution in [3.63, 3.8) is 0 Å². The first kappa shape index (κ1) is 18.0. The van der Waals surface area contributed by atoms with Gasteiger partial charge in [0.15, 0.2) is 0 Å². The molecule has 0 spiro atoms. The number of methoxy groups -OCH3 is 1. The summed E-state index contributed by atoms with van der Waals surface area (Å²) in [7, 11) is 1.51. The predicted octanol–water partition coefficient (Wildman–Crippen LogP) is 1.77. The van der Waals surface area contributed by atoms with Gasteiger partial charge in [0.1, 0.15) is 11.9 Å². The molecule has 0 radical (unpaired) electrons. The van der Waals surface area contributed by atoms with Crippen molar-refractivity contribution in [3.8, 4) is 0 Å². The first-order valence-electron chi connectivity index (χ1n) is 7.78. The molecule has 2 rings (SSSR count). The summed E-state index contributed by atoms with van der Waals surface area (Å²) in [6.45, 7) is 0.996. The van der Waals surface area contributed by atoms with Gasteiger partial charge < -0.3 is 15.4 Å². The molecule has 0 aliphatic carbocycles. The molecule has 0 aliphatic rings. The second-order valence-electron chi connectivity index (χ2n) is 5.52. The van der Waals surface area contributed by atoms with Crippen LogP contribution in [0, 0.1) is 5.82 Å². The molecule has 24 heavy (non-hydrogen) atoms. The molecule has 1 amide bonds. The van der Waals surface area contributed by atoms with Gasteiger partial charge in [0, 0.05) is 38.5 Å². The number of pyridine rings is 1. The summed E-state index contributed by atoms with van der Waals surface area (Å²) in [5.74, 6) is -0.502. The van der Waals surface area contributed by atoms with E-state index in [4.69, 9.17) is 10.5 Å². The highest BCUT2D eigenvalue weighted by molar-refractivity contribution is 5.81. The first-order chi connectivity index (χ1) is 11.6. The van der Waals surface area contributed by atoms with Crippen LogP contribution in [0.2, 0.25) is 0 Å². The number of carbonyl (C=O) groups is 1. The number of rotatable bonds is 8. The molecule has 2 aromatic rings. The number of nitrogens with zero attached hydrogens (tertiary/aromatic N) is 2. The lowest BCUT2D eigenvalue weighted by Gasteiger charge is -2.25. The van der Waals surface area contributed by atoms with Crippen molar-refractivity contribution in [1.29, 1.82) is 0 Å². The Labute approximate surface area is 141 Å². The van der Waals surface area contributed by atoms with Crippen molar-refractivity contribution < 1.29 is 13.9 Å². The smallest absolute Gasteiger partial charge is 0.242 e. The minimum absolute atomic E-state index is 0.155. The van der Waals surface area contributed by atoms with E-state index in [1.54, 1.807) is 23.2 Å². The molecule has 0 fully saturated rings. The van der Waals surface area contributed by atoms with E-state index in [1.165, 1.54) is 19.2 Å². The molecule has 6 heteroatoms. The van der Waals surface area contributed by atoms with E-state index >= 15 is 0 Å². The van der Waals surface area contributed by atoms with Crippen LogP contribution in [-0.4, -0.2) is 42.1 Å². The summed E-state index contributed by atoms with van der Waals surface area (Å²) in [6.07, 6.45) is 2.34. The Morgan fingerprint density at radius 1 is 1.29 bits per heavy atom. The largest absolute Gasteiger partial charge is 0.383 e. The Bertz CT molecular complexity index is 634. The number of benzene rings is 1. The van der Waals surface area contributed by atoms with E-state index in [1.807, 2.05) is 18.2 Å². The highest BCUT2D eigenvalue weighted by atomic mass is 19.1. The van der Waals surface area contributed by atoms with E-state index < -0.39 is 6.04 Å². The van der Waals surface area contributed by atoms with Gasteiger partial charge in [-0.3, -0.25) is 9.78 Å². The second-order valence-corrected chi connectivity index (χ2v) is 5.52.